The summed E-state index contributed by atoms with van der Waals surface area (Å²) in [6.45, 7) is 5.82. The van der Waals surface area contributed by atoms with Gasteiger partial charge in [-0.2, -0.15) is 0 Å². The van der Waals surface area contributed by atoms with E-state index in [1.807, 2.05) is 0 Å². The van der Waals surface area contributed by atoms with E-state index in [0.717, 1.165) is 13.1 Å². The molecule has 2 heterocycles. The van der Waals surface area contributed by atoms with E-state index >= 15 is 0 Å². The molecule has 4 rings (SSSR count). The van der Waals surface area contributed by atoms with Crippen molar-refractivity contribution < 1.29 is 24.1 Å². The van der Waals surface area contributed by atoms with Crippen molar-refractivity contribution in [3.05, 3.63) is 59.9 Å². The van der Waals surface area contributed by atoms with E-state index in [1.54, 1.807) is 12.1 Å². The zero-order valence-corrected chi connectivity index (χ0v) is 18.7. The first kappa shape index (κ1) is 23.0. The first-order valence-electron chi connectivity index (χ1n) is 11.3. The Hall–Kier alpha value is -2.19. The van der Waals surface area contributed by atoms with Crippen molar-refractivity contribution in [2.75, 3.05) is 57.4 Å². The lowest BCUT2D eigenvalue weighted by Crippen LogP contribution is -2.55. The molecular formula is C25H33FN2O4. The second-order valence-electron chi connectivity index (χ2n) is 9.28. The SMILES string of the molecule is Cc1ccc(N2CCC(O)(CN3CCOCC(O)(COc4ccc(F)cc4)C3)CC2)cc1. The third-order valence-electron chi connectivity index (χ3n) is 6.37. The lowest BCUT2D eigenvalue weighted by Gasteiger charge is -2.42. The molecule has 2 aliphatic rings. The van der Waals surface area contributed by atoms with Crippen LogP contribution in [0.15, 0.2) is 48.5 Å². The van der Waals surface area contributed by atoms with Crippen molar-refractivity contribution in [1.82, 2.24) is 4.90 Å². The predicted octanol–water partition coefficient (Wildman–Crippen LogP) is 2.61. The normalized spacial score (nSPS) is 24.2. The molecule has 2 aromatic carbocycles. The van der Waals surface area contributed by atoms with E-state index in [-0.39, 0.29) is 19.0 Å². The number of halogens is 1. The molecule has 2 saturated heterocycles. The first-order valence-corrected chi connectivity index (χ1v) is 11.3. The molecule has 1 atom stereocenters. The summed E-state index contributed by atoms with van der Waals surface area (Å²) in [5.41, 5.74) is 0.420. The Morgan fingerprint density at radius 3 is 2.34 bits per heavy atom. The lowest BCUT2D eigenvalue weighted by molar-refractivity contribution is -0.0742. The third kappa shape index (κ3) is 5.98. The number of aliphatic hydroxyl groups is 2. The number of aryl methyl sites for hydroxylation is 1. The van der Waals surface area contributed by atoms with Gasteiger partial charge in [-0.15, -0.1) is 0 Å². The van der Waals surface area contributed by atoms with E-state index in [1.165, 1.54) is 23.4 Å². The fraction of sp³-hybridized carbons (Fsp3) is 0.520. The minimum absolute atomic E-state index is 0.0365. The number of hydrogen-bond donors (Lipinski definition) is 2. The minimum Gasteiger partial charge on any atom is -0.490 e. The number of β-amino-alcohol motifs (C(OH)–C–C–N with tert-alkyl or cyclic N) is 2. The number of piperidine rings is 1. The van der Waals surface area contributed by atoms with Crippen LogP contribution in [0.2, 0.25) is 0 Å². The molecule has 174 valence electrons. The van der Waals surface area contributed by atoms with Gasteiger partial charge in [0, 0.05) is 38.4 Å². The fourth-order valence-corrected chi connectivity index (χ4v) is 4.48. The topological polar surface area (TPSA) is 65.4 Å². The Labute approximate surface area is 189 Å². The van der Waals surface area contributed by atoms with Gasteiger partial charge in [0.1, 0.15) is 23.8 Å². The molecule has 2 fully saturated rings. The average Bonchev–Trinajstić information content (AvgIpc) is 2.95. The molecule has 6 nitrogen and oxygen atoms in total. The Balaban J connectivity index is 1.32. The molecule has 0 saturated carbocycles. The van der Waals surface area contributed by atoms with Crippen LogP contribution in [0, 0.1) is 12.7 Å². The zero-order chi connectivity index (χ0) is 22.6. The first-order chi connectivity index (χ1) is 15.3. The third-order valence-corrected chi connectivity index (χ3v) is 6.37. The Kier molecular flexibility index (Phi) is 7.00. The van der Waals surface area contributed by atoms with Crippen molar-refractivity contribution in [2.24, 2.45) is 0 Å². The van der Waals surface area contributed by atoms with Crippen LogP contribution in [-0.2, 0) is 4.74 Å². The van der Waals surface area contributed by atoms with Gasteiger partial charge >= 0.3 is 0 Å². The van der Waals surface area contributed by atoms with Gasteiger partial charge in [0.25, 0.3) is 0 Å². The van der Waals surface area contributed by atoms with Gasteiger partial charge in [0.05, 0.1) is 18.8 Å². The van der Waals surface area contributed by atoms with Gasteiger partial charge < -0.3 is 24.6 Å². The van der Waals surface area contributed by atoms with E-state index in [4.69, 9.17) is 9.47 Å². The maximum absolute atomic E-state index is 13.1. The van der Waals surface area contributed by atoms with Crippen molar-refractivity contribution >= 4 is 5.69 Å². The van der Waals surface area contributed by atoms with E-state index < -0.39 is 11.2 Å². The van der Waals surface area contributed by atoms with Crippen LogP contribution >= 0.6 is 0 Å². The van der Waals surface area contributed by atoms with Gasteiger partial charge in [0.15, 0.2) is 0 Å². The number of nitrogens with zero attached hydrogens (tertiary/aromatic N) is 2. The van der Waals surface area contributed by atoms with Crippen LogP contribution < -0.4 is 9.64 Å². The highest BCUT2D eigenvalue weighted by molar-refractivity contribution is 5.48. The summed E-state index contributed by atoms with van der Waals surface area (Å²) < 4.78 is 24.4. The summed E-state index contributed by atoms with van der Waals surface area (Å²) in [6.07, 6.45) is 1.34. The second kappa shape index (κ2) is 9.75. The van der Waals surface area contributed by atoms with Crippen LogP contribution in [-0.4, -0.2) is 78.9 Å². The highest BCUT2D eigenvalue weighted by Crippen LogP contribution is 2.28. The van der Waals surface area contributed by atoms with Crippen LogP contribution in [0.5, 0.6) is 5.75 Å². The predicted molar refractivity (Wildman–Crippen MR) is 122 cm³/mol. The van der Waals surface area contributed by atoms with Gasteiger partial charge in [-0.1, -0.05) is 17.7 Å². The smallest absolute Gasteiger partial charge is 0.134 e. The molecular weight excluding hydrogens is 411 g/mol. The summed E-state index contributed by atoms with van der Waals surface area (Å²) in [7, 11) is 0. The van der Waals surface area contributed by atoms with E-state index in [9.17, 15) is 14.6 Å². The molecule has 0 aliphatic carbocycles. The maximum Gasteiger partial charge on any atom is 0.134 e. The number of hydrogen-bond acceptors (Lipinski definition) is 6. The van der Waals surface area contributed by atoms with E-state index in [0.29, 0.717) is 44.8 Å². The number of ether oxygens (including phenoxy) is 2. The molecule has 0 spiro atoms. The molecule has 1 unspecified atom stereocenters. The summed E-state index contributed by atoms with van der Waals surface area (Å²) in [5.74, 6) is 0.166. The van der Waals surface area contributed by atoms with Crippen LogP contribution in [0.25, 0.3) is 0 Å². The number of benzene rings is 2. The van der Waals surface area contributed by atoms with Gasteiger partial charge in [0.2, 0.25) is 0 Å². The quantitative estimate of drug-likeness (QED) is 0.714. The fourth-order valence-electron chi connectivity index (χ4n) is 4.48. The van der Waals surface area contributed by atoms with Gasteiger partial charge in [-0.3, -0.25) is 4.90 Å². The van der Waals surface area contributed by atoms with Crippen LogP contribution in [0.1, 0.15) is 18.4 Å². The summed E-state index contributed by atoms with van der Waals surface area (Å²) in [6, 6.07) is 14.2. The average molecular weight is 445 g/mol. The standard InChI is InChI=1S/C25H33FN2O4/c1-20-2-6-22(7-3-20)28-12-10-24(29,11-13-28)16-27-14-15-31-18-25(30,17-27)19-32-23-8-4-21(26)5-9-23/h2-9,29-30H,10-19H2,1H3. The van der Waals surface area contributed by atoms with Gasteiger partial charge in [-0.25, -0.2) is 4.39 Å². The zero-order valence-electron chi connectivity index (χ0n) is 18.7. The second-order valence-corrected chi connectivity index (χ2v) is 9.28. The van der Waals surface area contributed by atoms with Crippen LogP contribution in [0.4, 0.5) is 10.1 Å². The largest absolute Gasteiger partial charge is 0.490 e. The molecule has 0 bridgehead atoms. The molecule has 2 aliphatic heterocycles. The monoisotopic (exact) mass is 444 g/mol. The lowest BCUT2D eigenvalue weighted by atomic mass is 9.90. The number of anilines is 1. The molecule has 2 aromatic rings. The minimum atomic E-state index is -1.20. The molecule has 7 heteroatoms. The maximum atomic E-state index is 13.1. The molecule has 0 radical (unpaired) electrons. The molecule has 2 N–H and O–H groups in total. The van der Waals surface area contributed by atoms with Crippen molar-refractivity contribution in [1.29, 1.82) is 0 Å². The van der Waals surface area contributed by atoms with Crippen LogP contribution in [0.3, 0.4) is 0 Å². The van der Waals surface area contributed by atoms with Gasteiger partial charge in [-0.05, 0) is 56.2 Å². The number of rotatable bonds is 6. The Morgan fingerprint density at radius 2 is 1.66 bits per heavy atom. The molecule has 0 amide bonds. The van der Waals surface area contributed by atoms with Crippen molar-refractivity contribution in [3.8, 4) is 5.75 Å². The highest BCUT2D eigenvalue weighted by Gasteiger charge is 2.39. The molecule has 32 heavy (non-hydrogen) atoms. The highest BCUT2D eigenvalue weighted by atomic mass is 19.1. The van der Waals surface area contributed by atoms with Crippen molar-refractivity contribution in [2.45, 2.75) is 31.0 Å². The van der Waals surface area contributed by atoms with Crippen molar-refractivity contribution in [3.63, 3.8) is 0 Å². The Morgan fingerprint density at radius 1 is 0.969 bits per heavy atom. The van der Waals surface area contributed by atoms with E-state index in [2.05, 4.69) is 41.0 Å². The summed E-state index contributed by atoms with van der Waals surface area (Å²) in [5, 5.41) is 22.4. The Bertz CT molecular complexity index is 869. The summed E-state index contributed by atoms with van der Waals surface area (Å²) in [4.78, 5) is 4.38. The summed E-state index contributed by atoms with van der Waals surface area (Å²) >= 11 is 0. The molecule has 0 aromatic heterocycles.